The van der Waals surface area contributed by atoms with Crippen molar-refractivity contribution in [2.75, 3.05) is 11.9 Å². The Morgan fingerprint density at radius 3 is 2.54 bits per heavy atom. The zero-order chi connectivity index (χ0) is 17.9. The van der Waals surface area contributed by atoms with Crippen molar-refractivity contribution in [3.05, 3.63) is 57.3 Å². The molecule has 0 atom stereocenters. The van der Waals surface area contributed by atoms with Gasteiger partial charge >= 0.3 is 6.18 Å². The van der Waals surface area contributed by atoms with Crippen LogP contribution in [0.5, 0.6) is 5.75 Å². The van der Waals surface area contributed by atoms with Gasteiger partial charge in [-0.15, -0.1) is 0 Å². The van der Waals surface area contributed by atoms with Crippen LogP contribution in [0, 0.1) is 5.82 Å². The molecule has 0 unspecified atom stereocenters. The zero-order valence-electron chi connectivity index (χ0n) is 11.8. The highest BCUT2D eigenvalue weighted by molar-refractivity contribution is 9.10. The maximum absolute atomic E-state index is 12.9. The van der Waals surface area contributed by atoms with Crippen LogP contribution in [0.15, 0.2) is 40.9 Å². The van der Waals surface area contributed by atoms with Gasteiger partial charge in [0.1, 0.15) is 11.6 Å². The minimum atomic E-state index is -4.56. The number of hydrogen-bond acceptors (Lipinski definition) is 2. The number of rotatable bonds is 4. The van der Waals surface area contributed by atoms with E-state index in [-0.39, 0.29) is 16.5 Å². The van der Waals surface area contributed by atoms with E-state index >= 15 is 0 Å². The molecule has 0 saturated carbocycles. The Bertz CT molecular complexity index is 768. The van der Waals surface area contributed by atoms with Crippen LogP contribution in [0.2, 0.25) is 5.02 Å². The second-order valence-electron chi connectivity index (χ2n) is 4.60. The number of carbonyl (C=O) groups is 1. The Hall–Kier alpha value is -1.80. The summed E-state index contributed by atoms with van der Waals surface area (Å²) in [6.07, 6.45) is -4.56. The summed E-state index contributed by atoms with van der Waals surface area (Å²) in [5, 5.41) is 2.20. The van der Waals surface area contributed by atoms with Gasteiger partial charge in [-0.25, -0.2) is 4.39 Å². The predicted molar refractivity (Wildman–Crippen MR) is 84.7 cm³/mol. The van der Waals surface area contributed by atoms with Gasteiger partial charge in [0.05, 0.1) is 20.7 Å². The molecule has 2 aromatic carbocycles. The highest BCUT2D eigenvalue weighted by Gasteiger charge is 2.31. The second-order valence-corrected chi connectivity index (χ2v) is 5.87. The first-order chi connectivity index (χ1) is 11.2. The van der Waals surface area contributed by atoms with E-state index in [1.54, 1.807) is 0 Å². The first kappa shape index (κ1) is 18.5. The summed E-state index contributed by atoms with van der Waals surface area (Å²) in [4.78, 5) is 11.8. The van der Waals surface area contributed by atoms with Crippen molar-refractivity contribution in [2.24, 2.45) is 0 Å². The van der Waals surface area contributed by atoms with Crippen LogP contribution < -0.4 is 10.1 Å². The molecule has 0 fully saturated rings. The Morgan fingerprint density at radius 1 is 1.21 bits per heavy atom. The quantitative estimate of drug-likeness (QED) is 0.676. The van der Waals surface area contributed by atoms with Crippen molar-refractivity contribution in [1.82, 2.24) is 0 Å². The van der Waals surface area contributed by atoms with Gasteiger partial charge in [0, 0.05) is 0 Å². The van der Waals surface area contributed by atoms with Gasteiger partial charge in [-0.05, 0) is 52.3 Å². The summed E-state index contributed by atoms with van der Waals surface area (Å²) >= 11 is 8.84. The highest BCUT2D eigenvalue weighted by atomic mass is 79.9. The minimum Gasteiger partial charge on any atom is -0.483 e. The zero-order valence-corrected chi connectivity index (χ0v) is 14.1. The van der Waals surface area contributed by atoms with Crippen molar-refractivity contribution in [3.8, 4) is 5.75 Å². The monoisotopic (exact) mass is 425 g/mol. The van der Waals surface area contributed by atoms with Crippen LogP contribution in [0.1, 0.15) is 5.56 Å². The maximum Gasteiger partial charge on any atom is 0.416 e. The number of carbonyl (C=O) groups excluding carboxylic acids is 1. The van der Waals surface area contributed by atoms with Crippen molar-refractivity contribution in [1.29, 1.82) is 0 Å². The van der Waals surface area contributed by atoms with E-state index in [4.69, 9.17) is 16.3 Å². The molecular weight excluding hydrogens is 418 g/mol. The van der Waals surface area contributed by atoms with Crippen LogP contribution in [0.25, 0.3) is 0 Å². The molecule has 1 N–H and O–H groups in total. The van der Waals surface area contributed by atoms with Crippen LogP contribution in [-0.2, 0) is 11.0 Å². The summed E-state index contributed by atoms with van der Waals surface area (Å²) < 4.78 is 56.4. The SMILES string of the molecule is O=C(COc1ccc(F)cc1Br)Nc1cc(C(F)(F)F)ccc1Cl. The number of alkyl halides is 3. The highest BCUT2D eigenvalue weighted by Crippen LogP contribution is 2.33. The molecule has 0 bridgehead atoms. The lowest BCUT2D eigenvalue weighted by atomic mass is 10.2. The van der Waals surface area contributed by atoms with E-state index < -0.39 is 30.1 Å². The fraction of sp³-hybridized carbons (Fsp3) is 0.133. The molecular formula is C15H9BrClF4NO2. The average molecular weight is 427 g/mol. The van der Waals surface area contributed by atoms with Gasteiger partial charge in [-0.3, -0.25) is 4.79 Å². The Balaban J connectivity index is 2.04. The molecule has 24 heavy (non-hydrogen) atoms. The van der Waals surface area contributed by atoms with Crippen molar-refractivity contribution < 1.29 is 27.1 Å². The van der Waals surface area contributed by atoms with Gasteiger partial charge in [-0.1, -0.05) is 11.6 Å². The standard InChI is InChI=1S/C15H9BrClF4NO2/c16-10-6-9(18)2-4-13(10)24-7-14(23)22-12-5-8(15(19,20)21)1-3-11(12)17/h1-6H,7H2,(H,22,23). The smallest absolute Gasteiger partial charge is 0.416 e. The lowest BCUT2D eigenvalue weighted by Gasteiger charge is -2.12. The molecule has 9 heteroatoms. The maximum atomic E-state index is 12.9. The number of ether oxygens (including phenoxy) is 1. The average Bonchev–Trinajstić information content (AvgIpc) is 2.47. The van der Waals surface area contributed by atoms with Crippen LogP contribution in [-0.4, -0.2) is 12.5 Å². The summed E-state index contributed by atoms with van der Waals surface area (Å²) in [5.74, 6) is -0.997. The van der Waals surface area contributed by atoms with Crippen molar-refractivity contribution in [3.63, 3.8) is 0 Å². The molecule has 2 rings (SSSR count). The minimum absolute atomic E-state index is 0.0423. The van der Waals surface area contributed by atoms with Crippen molar-refractivity contribution >= 4 is 39.1 Å². The summed E-state index contributed by atoms with van der Waals surface area (Å²) in [6, 6.07) is 6.18. The third-order valence-corrected chi connectivity index (χ3v) is 3.77. The normalized spacial score (nSPS) is 11.2. The number of nitrogens with one attached hydrogen (secondary N) is 1. The molecule has 0 aromatic heterocycles. The molecule has 0 aliphatic carbocycles. The van der Waals surface area contributed by atoms with Crippen LogP contribution >= 0.6 is 27.5 Å². The fourth-order valence-corrected chi connectivity index (χ4v) is 2.35. The van der Waals surface area contributed by atoms with E-state index in [9.17, 15) is 22.4 Å². The Labute approximate surface area is 147 Å². The lowest BCUT2D eigenvalue weighted by molar-refractivity contribution is -0.137. The second kappa shape index (κ2) is 7.40. The summed E-state index contributed by atoms with van der Waals surface area (Å²) in [5.41, 5.74) is -1.12. The number of amides is 1. The first-order valence-electron chi connectivity index (χ1n) is 6.41. The third kappa shape index (κ3) is 4.85. The Kier molecular flexibility index (Phi) is 5.71. The Morgan fingerprint density at radius 2 is 1.92 bits per heavy atom. The first-order valence-corrected chi connectivity index (χ1v) is 7.58. The molecule has 3 nitrogen and oxygen atoms in total. The molecule has 0 radical (unpaired) electrons. The van der Waals surface area contributed by atoms with E-state index in [1.807, 2.05) is 0 Å². The van der Waals surface area contributed by atoms with Crippen molar-refractivity contribution in [2.45, 2.75) is 6.18 Å². The van der Waals surface area contributed by atoms with Gasteiger partial charge in [-0.2, -0.15) is 13.2 Å². The van der Waals surface area contributed by atoms with Crippen LogP contribution in [0.4, 0.5) is 23.2 Å². The van der Waals surface area contributed by atoms with Gasteiger partial charge < -0.3 is 10.1 Å². The molecule has 0 aliphatic rings. The fourth-order valence-electron chi connectivity index (χ4n) is 1.72. The molecule has 2 aromatic rings. The third-order valence-electron chi connectivity index (χ3n) is 2.82. The molecule has 0 aliphatic heterocycles. The summed E-state index contributed by atoms with van der Waals surface area (Å²) in [7, 11) is 0. The van der Waals surface area contributed by atoms with E-state index in [0.717, 1.165) is 30.3 Å². The molecule has 0 heterocycles. The number of hydrogen-bond donors (Lipinski definition) is 1. The molecule has 128 valence electrons. The van der Waals surface area contributed by atoms with Crippen LogP contribution in [0.3, 0.4) is 0 Å². The van der Waals surface area contributed by atoms with E-state index in [0.29, 0.717) is 4.47 Å². The van der Waals surface area contributed by atoms with Gasteiger partial charge in [0.25, 0.3) is 5.91 Å². The van der Waals surface area contributed by atoms with E-state index in [1.165, 1.54) is 6.07 Å². The lowest BCUT2D eigenvalue weighted by Crippen LogP contribution is -2.21. The number of anilines is 1. The number of benzene rings is 2. The largest absolute Gasteiger partial charge is 0.483 e. The van der Waals surface area contributed by atoms with E-state index in [2.05, 4.69) is 21.2 Å². The number of halogens is 6. The van der Waals surface area contributed by atoms with Gasteiger partial charge in [0.2, 0.25) is 0 Å². The topological polar surface area (TPSA) is 38.3 Å². The predicted octanol–water partition coefficient (Wildman–Crippen LogP) is 5.28. The molecule has 0 saturated heterocycles. The van der Waals surface area contributed by atoms with Gasteiger partial charge in [0.15, 0.2) is 6.61 Å². The molecule has 1 amide bonds. The molecule has 0 spiro atoms. The summed E-state index contributed by atoms with van der Waals surface area (Å²) in [6.45, 7) is -0.489.